The lowest BCUT2D eigenvalue weighted by atomic mass is 10.1. The molecule has 0 aliphatic rings. The minimum atomic E-state index is -4.98. The Morgan fingerprint density at radius 3 is 2.00 bits per heavy atom. The number of benzene rings is 2. The summed E-state index contributed by atoms with van der Waals surface area (Å²) in [6.45, 7) is 0. The fraction of sp³-hybridized carbons (Fsp3) is 0.176. The highest BCUT2D eigenvalue weighted by Crippen LogP contribution is 2.24. The number of rotatable bonds is 6. The average Bonchev–Trinajstić information content (AvgIpc) is 2.64. The van der Waals surface area contributed by atoms with E-state index in [0.29, 0.717) is 0 Å². The van der Waals surface area contributed by atoms with Gasteiger partial charge in [-0.15, -0.1) is 0 Å². The third-order valence-corrected chi connectivity index (χ3v) is 6.41. The summed E-state index contributed by atoms with van der Waals surface area (Å²) in [5.41, 5.74) is 0.770. The summed E-state index contributed by atoms with van der Waals surface area (Å²) >= 11 is 0. The topological polar surface area (TPSA) is 135 Å². The van der Waals surface area contributed by atoms with Crippen molar-refractivity contribution in [2.45, 2.75) is 22.6 Å². The van der Waals surface area contributed by atoms with E-state index in [9.17, 15) is 31.5 Å². The van der Waals surface area contributed by atoms with E-state index in [1.807, 2.05) is 0 Å². The highest BCUT2D eigenvalue weighted by Gasteiger charge is 2.36. The van der Waals surface area contributed by atoms with E-state index in [2.05, 4.69) is 4.84 Å². The van der Waals surface area contributed by atoms with Crippen molar-refractivity contribution in [3.8, 4) is 0 Å². The van der Waals surface area contributed by atoms with Crippen LogP contribution in [0.3, 0.4) is 0 Å². The molecule has 0 aromatic heterocycles. The van der Waals surface area contributed by atoms with Crippen molar-refractivity contribution in [3.63, 3.8) is 0 Å². The fourth-order valence-corrected chi connectivity index (χ4v) is 4.95. The lowest BCUT2D eigenvalue weighted by Gasteiger charge is -2.19. The number of sulfonamides is 1. The molecule has 0 fully saturated rings. The van der Waals surface area contributed by atoms with E-state index >= 15 is 0 Å². The number of hydroxylamine groups is 1. The molecule has 1 N–H and O–H groups in total. The van der Waals surface area contributed by atoms with Crippen molar-refractivity contribution >= 4 is 31.9 Å². The van der Waals surface area contributed by atoms with Crippen LogP contribution >= 0.6 is 0 Å². The molecule has 9 nitrogen and oxygen atoms in total. The molecule has 2 rings (SSSR count). The number of nitrogens with zero attached hydrogens (tertiary/aromatic N) is 1. The Morgan fingerprint density at radius 2 is 1.46 bits per heavy atom. The van der Waals surface area contributed by atoms with Crippen LogP contribution in [0.2, 0.25) is 0 Å². The maximum Gasteiger partial charge on any atom is 0.456 e. The number of carbonyl (C=O) groups is 2. The van der Waals surface area contributed by atoms with Crippen molar-refractivity contribution in [3.05, 3.63) is 60.2 Å². The smallest absolute Gasteiger partial charge is 0.456 e. The Hall–Kier alpha value is -2.92. The third-order valence-electron chi connectivity index (χ3n) is 3.55. The molecule has 0 atom stereocenters. The second kappa shape index (κ2) is 8.40. The molecule has 0 bridgehead atoms. The maximum atomic E-state index is 12.7. The van der Waals surface area contributed by atoms with Crippen molar-refractivity contribution in [2.75, 3.05) is 6.26 Å². The van der Waals surface area contributed by atoms with Crippen LogP contribution in [0, 0.1) is 0 Å². The fourth-order valence-electron chi connectivity index (χ4n) is 2.28. The number of sulfone groups is 1. The molecule has 0 saturated carbocycles. The van der Waals surface area contributed by atoms with Gasteiger partial charge in [0.25, 0.3) is 0 Å². The van der Waals surface area contributed by atoms with Gasteiger partial charge in [0.15, 0.2) is 9.84 Å². The summed E-state index contributed by atoms with van der Waals surface area (Å²) in [6.07, 6.45) is -1.39. The van der Waals surface area contributed by atoms with E-state index in [1.54, 1.807) is 30.3 Å². The molecule has 0 saturated heterocycles. The van der Waals surface area contributed by atoms with Gasteiger partial charge in [-0.3, -0.25) is 0 Å². The van der Waals surface area contributed by atoms with Gasteiger partial charge in [-0.25, -0.2) is 18.0 Å². The maximum absolute atomic E-state index is 12.7. The van der Waals surface area contributed by atoms with E-state index in [-0.39, 0.29) is 12.8 Å². The largest absolute Gasteiger partial charge is 0.462 e. The summed E-state index contributed by atoms with van der Waals surface area (Å²) in [7, 11) is -8.97. The average molecular weight is 427 g/mol. The van der Waals surface area contributed by atoms with Gasteiger partial charge in [-0.1, -0.05) is 42.5 Å². The standard InChI is InChI=1S/C17H17NO8S2/c1-27(22,23)14-9-5-6-10-15(14)28(24,25)18(17(20)21)26-16(19)12-11-13-7-3-2-4-8-13/h2-10H,11-12H2,1H3,(H,20,21). The zero-order chi connectivity index (χ0) is 20.9. The summed E-state index contributed by atoms with van der Waals surface area (Å²) < 4.78 is 48.5. The molecule has 0 heterocycles. The molecular weight excluding hydrogens is 410 g/mol. The van der Waals surface area contributed by atoms with E-state index in [4.69, 9.17) is 0 Å². The lowest BCUT2D eigenvalue weighted by molar-refractivity contribution is -0.164. The van der Waals surface area contributed by atoms with Crippen LogP contribution < -0.4 is 0 Å². The number of hydrogen-bond donors (Lipinski definition) is 1. The van der Waals surface area contributed by atoms with Crippen LogP contribution in [0.1, 0.15) is 12.0 Å². The van der Waals surface area contributed by atoms with E-state index in [1.165, 1.54) is 12.1 Å². The van der Waals surface area contributed by atoms with Crippen molar-refractivity contribution < 1.29 is 36.4 Å². The zero-order valence-electron chi connectivity index (χ0n) is 14.7. The minimum absolute atomic E-state index is 0.201. The minimum Gasteiger partial charge on any atom is -0.462 e. The second-order valence-corrected chi connectivity index (χ2v) is 9.39. The Balaban J connectivity index is 2.28. The molecule has 2 aromatic rings. The van der Waals surface area contributed by atoms with Gasteiger partial charge in [0.1, 0.15) is 4.90 Å². The third kappa shape index (κ3) is 5.08. The molecule has 0 unspecified atom stereocenters. The van der Waals surface area contributed by atoms with Crippen LogP contribution in [-0.4, -0.2) is 44.7 Å². The number of amides is 1. The molecule has 28 heavy (non-hydrogen) atoms. The highest BCUT2D eigenvalue weighted by molar-refractivity contribution is 7.93. The van der Waals surface area contributed by atoms with E-state index in [0.717, 1.165) is 24.0 Å². The first-order valence-electron chi connectivity index (χ1n) is 7.85. The predicted molar refractivity (Wildman–Crippen MR) is 97.5 cm³/mol. The van der Waals surface area contributed by atoms with Crippen LogP contribution in [-0.2, 0) is 35.9 Å². The Kier molecular flexibility index (Phi) is 6.41. The molecule has 0 aliphatic carbocycles. The normalized spacial score (nSPS) is 11.6. The van der Waals surface area contributed by atoms with Crippen LogP contribution in [0.5, 0.6) is 0 Å². The molecule has 150 valence electrons. The zero-order valence-corrected chi connectivity index (χ0v) is 16.3. The first kappa shape index (κ1) is 21.4. The van der Waals surface area contributed by atoms with Gasteiger partial charge < -0.3 is 9.94 Å². The van der Waals surface area contributed by atoms with Crippen molar-refractivity contribution in [2.24, 2.45) is 0 Å². The van der Waals surface area contributed by atoms with Crippen molar-refractivity contribution in [1.82, 2.24) is 4.47 Å². The van der Waals surface area contributed by atoms with Gasteiger partial charge in [0.05, 0.1) is 11.3 Å². The highest BCUT2D eigenvalue weighted by atomic mass is 32.2. The van der Waals surface area contributed by atoms with Gasteiger partial charge >= 0.3 is 22.1 Å². The summed E-state index contributed by atoms with van der Waals surface area (Å²) in [6, 6.07) is 13.2. The first-order valence-corrected chi connectivity index (χ1v) is 11.2. The Labute approximate surface area is 162 Å². The number of aryl methyl sites for hydroxylation is 1. The Morgan fingerprint density at radius 1 is 0.929 bits per heavy atom. The quantitative estimate of drug-likeness (QED) is 0.690. The predicted octanol–water partition coefficient (Wildman–Crippen LogP) is 1.85. The summed E-state index contributed by atoms with van der Waals surface area (Å²) in [5.74, 6) is -1.10. The summed E-state index contributed by atoms with van der Waals surface area (Å²) in [4.78, 5) is 26.5. The number of carboxylic acid groups (broad SMARTS) is 1. The number of carbonyl (C=O) groups excluding carboxylic acids is 1. The monoisotopic (exact) mass is 427 g/mol. The van der Waals surface area contributed by atoms with Gasteiger partial charge in [-0.2, -0.15) is 8.42 Å². The Bertz CT molecular complexity index is 1080. The van der Waals surface area contributed by atoms with Gasteiger partial charge in [0.2, 0.25) is 0 Å². The SMILES string of the molecule is CS(=O)(=O)c1ccccc1S(=O)(=O)N(OC(=O)CCc1ccccc1)C(=O)O. The van der Waals surface area contributed by atoms with Gasteiger partial charge in [-0.05, 0) is 28.6 Å². The second-order valence-electron chi connectivity index (χ2n) is 5.68. The van der Waals surface area contributed by atoms with Crippen LogP contribution in [0.4, 0.5) is 4.79 Å². The molecule has 11 heteroatoms. The van der Waals surface area contributed by atoms with E-state index < -0.39 is 46.2 Å². The first-order chi connectivity index (χ1) is 13.0. The van der Waals surface area contributed by atoms with Crippen molar-refractivity contribution in [1.29, 1.82) is 0 Å². The molecule has 0 aliphatic heterocycles. The number of hydrogen-bond acceptors (Lipinski definition) is 7. The molecular formula is C17H17NO8S2. The van der Waals surface area contributed by atoms with Gasteiger partial charge in [0, 0.05) is 6.26 Å². The molecule has 0 radical (unpaired) electrons. The summed E-state index contributed by atoms with van der Waals surface area (Å²) in [5, 5.41) is 9.22. The lowest BCUT2D eigenvalue weighted by Crippen LogP contribution is -2.38. The molecule has 2 aromatic carbocycles. The molecule has 1 amide bonds. The van der Waals surface area contributed by atoms with Crippen LogP contribution in [0.25, 0.3) is 0 Å². The van der Waals surface area contributed by atoms with Crippen LogP contribution in [0.15, 0.2) is 64.4 Å². The molecule has 0 spiro atoms.